The number of benzene rings is 2. The molecule has 8 nitrogen and oxygen atoms in total. The molecule has 1 aromatic heterocycles. The van der Waals surface area contributed by atoms with Crippen LogP contribution in [0.3, 0.4) is 0 Å². The summed E-state index contributed by atoms with van der Waals surface area (Å²) in [5.41, 5.74) is 1.33. The zero-order chi connectivity index (χ0) is 23.9. The predicted molar refractivity (Wildman–Crippen MR) is 115 cm³/mol. The molecule has 0 saturated carbocycles. The highest BCUT2D eigenvalue weighted by atomic mass is 19.4. The maximum absolute atomic E-state index is 13.9. The molecular formula is C23H21F3N4O4. The second kappa shape index (κ2) is 8.47. The largest absolute Gasteiger partial charge is 0.497 e. The second-order valence-corrected chi connectivity index (χ2v) is 7.99. The lowest BCUT2D eigenvalue weighted by atomic mass is 9.97. The first-order chi connectivity index (χ1) is 16.3. The van der Waals surface area contributed by atoms with Crippen LogP contribution in [0.15, 0.2) is 48.5 Å². The van der Waals surface area contributed by atoms with Crippen molar-refractivity contribution in [3.05, 3.63) is 65.4 Å². The Bertz CT molecular complexity index is 1210. The number of methoxy groups -OCH3 is 1. The molecule has 178 valence electrons. The third-order valence-electron chi connectivity index (χ3n) is 5.83. The fourth-order valence-electron chi connectivity index (χ4n) is 4.06. The summed E-state index contributed by atoms with van der Waals surface area (Å²) in [6.45, 7) is 0.290. The van der Waals surface area contributed by atoms with Crippen LogP contribution >= 0.6 is 0 Å². The van der Waals surface area contributed by atoms with E-state index in [2.05, 4.69) is 15.7 Å². The van der Waals surface area contributed by atoms with E-state index in [0.29, 0.717) is 22.8 Å². The molecule has 3 heterocycles. The summed E-state index contributed by atoms with van der Waals surface area (Å²) < 4.78 is 58.2. The average molecular weight is 474 g/mol. The minimum Gasteiger partial charge on any atom is -0.497 e. The topological polar surface area (TPSA) is 86.6 Å². The van der Waals surface area contributed by atoms with E-state index < -0.39 is 24.2 Å². The summed E-state index contributed by atoms with van der Waals surface area (Å²) in [5, 5.41) is 9.75. The Morgan fingerprint density at radius 1 is 1.18 bits per heavy atom. The van der Waals surface area contributed by atoms with Crippen LogP contribution in [0.2, 0.25) is 0 Å². The molecule has 3 aromatic rings. The van der Waals surface area contributed by atoms with Crippen LogP contribution in [0.5, 0.6) is 17.2 Å². The molecule has 2 aromatic carbocycles. The number of carbonyl (C=O) groups is 1. The van der Waals surface area contributed by atoms with Crippen molar-refractivity contribution in [2.24, 2.45) is 0 Å². The Labute approximate surface area is 192 Å². The number of hydrogen-bond donors (Lipinski definition) is 2. The smallest absolute Gasteiger partial charge is 0.410 e. The standard InChI is InChI=1S/C23H21F3N4O4/c1-32-15-5-3-14(4-6-15)16-9-20(23(24,25)26)30-21(28-16)10-17(29-30)22(31)27-11-13-2-7-18-19(8-13)34-12-33-18/h2-8,10,16,20,28H,9,11-12H2,1H3,(H,27,31)/t16-,20-/m1/s1. The van der Waals surface area contributed by atoms with Gasteiger partial charge in [0.2, 0.25) is 6.79 Å². The lowest BCUT2D eigenvalue weighted by molar-refractivity contribution is -0.173. The lowest BCUT2D eigenvalue weighted by Crippen LogP contribution is -2.35. The molecule has 2 atom stereocenters. The Hall–Kier alpha value is -3.89. The van der Waals surface area contributed by atoms with Gasteiger partial charge in [0, 0.05) is 19.0 Å². The second-order valence-electron chi connectivity index (χ2n) is 7.99. The maximum atomic E-state index is 13.9. The first-order valence-corrected chi connectivity index (χ1v) is 10.6. The SMILES string of the molecule is COc1ccc([C@H]2C[C@H](C(F)(F)F)n3nc(C(=O)NCc4ccc5c(c4)OCO5)cc3N2)cc1. The molecule has 0 bridgehead atoms. The van der Waals surface area contributed by atoms with Crippen molar-refractivity contribution in [2.45, 2.75) is 31.2 Å². The van der Waals surface area contributed by atoms with Crippen molar-refractivity contribution in [3.63, 3.8) is 0 Å². The van der Waals surface area contributed by atoms with Gasteiger partial charge < -0.3 is 24.8 Å². The molecule has 0 fully saturated rings. The van der Waals surface area contributed by atoms with E-state index >= 15 is 0 Å². The molecule has 11 heteroatoms. The lowest BCUT2D eigenvalue weighted by Gasteiger charge is -2.33. The first kappa shape index (κ1) is 21.9. The van der Waals surface area contributed by atoms with Gasteiger partial charge in [-0.15, -0.1) is 0 Å². The molecule has 0 aliphatic carbocycles. The van der Waals surface area contributed by atoms with E-state index in [0.717, 1.165) is 10.2 Å². The van der Waals surface area contributed by atoms with Gasteiger partial charge >= 0.3 is 6.18 Å². The molecular weight excluding hydrogens is 453 g/mol. The number of aromatic nitrogens is 2. The molecule has 2 aliphatic heterocycles. The summed E-state index contributed by atoms with van der Waals surface area (Å²) in [4.78, 5) is 12.7. The Kier molecular flexibility index (Phi) is 5.46. The van der Waals surface area contributed by atoms with Gasteiger partial charge in [-0.25, -0.2) is 4.68 Å². The molecule has 0 unspecified atom stereocenters. The van der Waals surface area contributed by atoms with Crippen LogP contribution in [0.1, 0.15) is 40.1 Å². The number of rotatable bonds is 5. The highest BCUT2D eigenvalue weighted by Crippen LogP contribution is 2.43. The minimum atomic E-state index is -4.53. The van der Waals surface area contributed by atoms with E-state index in [4.69, 9.17) is 14.2 Å². The van der Waals surface area contributed by atoms with Crippen molar-refractivity contribution in [1.29, 1.82) is 0 Å². The number of anilines is 1. The Morgan fingerprint density at radius 2 is 1.94 bits per heavy atom. The molecule has 0 spiro atoms. The van der Waals surface area contributed by atoms with Gasteiger partial charge in [0.15, 0.2) is 23.2 Å². The summed E-state index contributed by atoms with van der Waals surface area (Å²) in [6, 6.07) is 10.9. The van der Waals surface area contributed by atoms with Gasteiger partial charge in [0.1, 0.15) is 11.6 Å². The van der Waals surface area contributed by atoms with Gasteiger partial charge in [-0.1, -0.05) is 18.2 Å². The zero-order valence-electron chi connectivity index (χ0n) is 18.1. The Morgan fingerprint density at radius 3 is 2.68 bits per heavy atom. The van der Waals surface area contributed by atoms with Crippen LogP contribution in [0.4, 0.5) is 19.0 Å². The highest BCUT2D eigenvalue weighted by Gasteiger charge is 2.46. The molecule has 5 rings (SSSR count). The summed E-state index contributed by atoms with van der Waals surface area (Å²) in [6.07, 6.45) is -4.80. The van der Waals surface area contributed by atoms with E-state index in [9.17, 15) is 18.0 Å². The zero-order valence-corrected chi connectivity index (χ0v) is 18.1. The van der Waals surface area contributed by atoms with E-state index in [1.54, 1.807) is 42.5 Å². The number of ether oxygens (including phenoxy) is 3. The van der Waals surface area contributed by atoms with Crippen molar-refractivity contribution in [2.75, 3.05) is 19.2 Å². The van der Waals surface area contributed by atoms with Crippen LogP contribution in [-0.4, -0.2) is 35.8 Å². The molecule has 1 amide bonds. The van der Waals surface area contributed by atoms with Gasteiger partial charge in [-0.3, -0.25) is 4.79 Å². The van der Waals surface area contributed by atoms with Crippen molar-refractivity contribution in [3.8, 4) is 17.2 Å². The van der Waals surface area contributed by atoms with E-state index in [1.807, 2.05) is 0 Å². The van der Waals surface area contributed by atoms with Gasteiger partial charge in [0.05, 0.1) is 13.2 Å². The molecule has 2 aliphatic rings. The van der Waals surface area contributed by atoms with Crippen molar-refractivity contribution in [1.82, 2.24) is 15.1 Å². The normalized spacial score (nSPS) is 18.7. The van der Waals surface area contributed by atoms with Gasteiger partial charge in [0.25, 0.3) is 5.91 Å². The number of nitrogens with zero attached hydrogens (tertiary/aromatic N) is 2. The maximum Gasteiger partial charge on any atom is 0.410 e. The van der Waals surface area contributed by atoms with E-state index in [-0.39, 0.29) is 31.3 Å². The van der Waals surface area contributed by atoms with Gasteiger partial charge in [-0.2, -0.15) is 18.3 Å². The average Bonchev–Trinajstić information content (AvgIpc) is 3.47. The molecule has 34 heavy (non-hydrogen) atoms. The summed E-state index contributed by atoms with van der Waals surface area (Å²) in [5.74, 6) is 1.35. The number of nitrogens with one attached hydrogen (secondary N) is 2. The number of amides is 1. The number of alkyl halides is 3. The third kappa shape index (κ3) is 4.20. The van der Waals surface area contributed by atoms with Crippen LogP contribution < -0.4 is 24.8 Å². The molecule has 2 N–H and O–H groups in total. The number of carbonyl (C=O) groups excluding carboxylic acids is 1. The van der Waals surface area contributed by atoms with Crippen LogP contribution in [0.25, 0.3) is 0 Å². The van der Waals surface area contributed by atoms with Crippen molar-refractivity contribution < 1.29 is 32.2 Å². The summed E-state index contributed by atoms with van der Waals surface area (Å²) in [7, 11) is 1.52. The van der Waals surface area contributed by atoms with Crippen molar-refractivity contribution >= 4 is 11.7 Å². The quantitative estimate of drug-likeness (QED) is 0.576. The monoisotopic (exact) mass is 474 g/mol. The van der Waals surface area contributed by atoms with Gasteiger partial charge in [-0.05, 0) is 35.4 Å². The number of halogens is 3. The fraction of sp³-hybridized carbons (Fsp3) is 0.304. The van der Waals surface area contributed by atoms with Crippen LogP contribution in [0, 0.1) is 0 Å². The molecule has 0 saturated heterocycles. The third-order valence-corrected chi connectivity index (χ3v) is 5.83. The van der Waals surface area contributed by atoms with E-state index in [1.165, 1.54) is 13.2 Å². The molecule has 0 radical (unpaired) electrons. The Balaban J connectivity index is 1.35. The predicted octanol–water partition coefficient (Wildman–Crippen LogP) is 4.21. The number of fused-ring (bicyclic) bond motifs is 2. The minimum absolute atomic E-state index is 0.104. The highest BCUT2D eigenvalue weighted by molar-refractivity contribution is 5.93. The summed E-state index contributed by atoms with van der Waals surface area (Å²) >= 11 is 0. The fourth-order valence-corrected chi connectivity index (χ4v) is 4.06. The van der Waals surface area contributed by atoms with Crippen LogP contribution in [-0.2, 0) is 6.54 Å². The first-order valence-electron chi connectivity index (χ1n) is 10.6. The number of hydrogen-bond acceptors (Lipinski definition) is 6.